The van der Waals surface area contributed by atoms with Gasteiger partial charge in [-0.3, -0.25) is 0 Å². The molecule has 1 atom stereocenters. The van der Waals surface area contributed by atoms with E-state index in [-0.39, 0.29) is 10.6 Å². The van der Waals surface area contributed by atoms with Crippen molar-refractivity contribution in [3.05, 3.63) is 28.8 Å². The Morgan fingerprint density at radius 1 is 1.59 bits per heavy atom. The van der Waals surface area contributed by atoms with Gasteiger partial charge in [0.2, 0.25) is 0 Å². The number of carbonyl (C=O) groups is 1. The SMILES string of the molecule is O=C(O)c1cc(NCC2CCSC2)ccc1Cl. The Balaban J connectivity index is 2.00. The first-order valence-electron chi connectivity index (χ1n) is 5.51. The smallest absolute Gasteiger partial charge is 0.337 e. The molecule has 1 aliphatic rings. The number of carboxylic acids is 1. The molecule has 0 aliphatic carbocycles. The Morgan fingerprint density at radius 2 is 2.41 bits per heavy atom. The summed E-state index contributed by atoms with van der Waals surface area (Å²) in [5.41, 5.74) is 0.973. The van der Waals surface area contributed by atoms with Gasteiger partial charge in [-0.15, -0.1) is 0 Å². The molecule has 0 saturated carbocycles. The minimum atomic E-state index is -0.991. The Morgan fingerprint density at radius 3 is 3.06 bits per heavy atom. The molecule has 17 heavy (non-hydrogen) atoms. The summed E-state index contributed by atoms with van der Waals surface area (Å²) in [5.74, 6) is 2.11. The first-order chi connectivity index (χ1) is 8.16. The van der Waals surface area contributed by atoms with Gasteiger partial charge in [-0.25, -0.2) is 4.79 Å². The van der Waals surface area contributed by atoms with Crippen LogP contribution in [-0.2, 0) is 0 Å². The molecule has 5 heteroatoms. The van der Waals surface area contributed by atoms with Crippen LogP contribution in [-0.4, -0.2) is 29.1 Å². The molecule has 1 aromatic rings. The molecule has 3 nitrogen and oxygen atoms in total. The van der Waals surface area contributed by atoms with Crippen LogP contribution in [0, 0.1) is 5.92 Å². The second kappa shape index (κ2) is 5.65. The van der Waals surface area contributed by atoms with Crippen LogP contribution in [0.2, 0.25) is 5.02 Å². The van der Waals surface area contributed by atoms with Crippen LogP contribution in [0.15, 0.2) is 18.2 Å². The zero-order chi connectivity index (χ0) is 12.3. The standard InChI is InChI=1S/C12H14ClNO2S/c13-11-2-1-9(5-10(11)12(15)16)14-6-8-3-4-17-7-8/h1-2,5,8,14H,3-4,6-7H2,(H,15,16). The number of rotatable bonds is 4. The van der Waals surface area contributed by atoms with E-state index in [1.54, 1.807) is 12.1 Å². The van der Waals surface area contributed by atoms with Crippen molar-refractivity contribution >= 4 is 35.0 Å². The lowest BCUT2D eigenvalue weighted by Crippen LogP contribution is -2.13. The summed E-state index contributed by atoms with van der Waals surface area (Å²) < 4.78 is 0. The maximum absolute atomic E-state index is 10.9. The average molecular weight is 272 g/mol. The van der Waals surface area contributed by atoms with E-state index < -0.39 is 5.97 Å². The van der Waals surface area contributed by atoms with Gasteiger partial charge in [-0.2, -0.15) is 11.8 Å². The zero-order valence-electron chi connectivity index (χ0n) is 9.28. The van der Waals surface area contributed by atoms with Gasteiger partial charge in [0.05, 0.1) is 10.6 Å². The summed E-state index contributed by atoms with van der Waals surface area (Å²) in [6.45, 7) is 0.897. The summed E-state index contributed by atoms with van der Waals surface area (Å²) in [7, 11) is 0. The molecule has 2 N–H and O–H groups in total. The van der Waals surface area contributed by atoms with Gasteiger partial charge in [0.15, 0.2) is 0 Å². The molecule has 0 radical (unpaired) electrons. The largest absolute Gasteiger partial charge is 0.478 e. The maximum atomic E-state index is 10.9. The van der Waals surface area contributed by atoms with E-state index in [4.69, 9.17) is 16.7 Å². The average Bonchev–Trinajstić information content (AvgIpc) is 2.80. The Labute approximate surface area is 110 Å². The normalized spacial score (nSPS) is 19.2. The van der Waals surface area contributed by atoms with Gasteiger partial charge < -0.3 is 10.4 Å². The molecule has 1 fully saturated rings. The lowest BCUT2D eigenvalue weighted by atomic mass is 10.1. The number of hydrogen-bond acceptors (Lipinski definition) is 3. The van der Waals surface area contributed by atoms with E-state index in [0.717, 1.165) is 12.2 Å². The molecule has 2 rings (SSSR count). The van der Waals surface area contributed by atoms with Crippen molar-refractivity contribution in [2.75, 3.05) is 23.4 Å². The number of benzene rings is 1. The van der Waals surface area contributed by atoms with E-state index in [0.29, 0.717) is 5.92 Å². The number of nitrogens with one attached hydrogen (secondary N) is 1. The van der Waals surface area contributed by atoms with Crippen molar-refractivity contribution in [1.82, 2.24) is 0 Å². The topological polar surface area (TPSA) is 49.3 Å². The summed E-state index contributed by atoms with van der Waals surface area (Å²) in [4.78, 5) is 10.9. The minimum Gasteiger partial charge on any atom is -0.478 e. The van der Waals surface area contributed by atoms with E-state index in [2.05, 4.69) is 5.32 Å². The van der Waals surface area contributed by atoms with Gasteiger partial charge in [0.25, 0.3) is 0 Å². The first kappa shape index (κ1) is 12.6. The molecule has 0 spiro atoms. The number of carboxylic acid groups (broad SMARTS) is 1. The fourth-order valence-electron chi connectivity index (χ4n) is 1.81. The van der Waals surface area contributed by atoms with Gasteiger partial charge in [0, 0.05) is 12.2 Å². The lowest BCUT2D eigenvalue weighted by Gasteiger charge is -2.12. The molecule has 1 unspecified atom stereocenters. The molecule has 0 bridgehead atoms. The number of halogens is 1. The second-order valence-electron chi connectivity index (χ2n) is 4.11. The number of aromatic carboxylic acids is 1. The Hall–Kier alpha value is -0.870. The summed E-state index contributed by atoms with van der Waals surface area (Å²) in [6.07, 6.45) is 1.23. The quantitative estimate of drug-likeness (QED) is 0.883. The Bertz CT molecular complexity index is 419. The van der Waals surface area contributed by atoms with Crippen molar-refractivity contribution in [3.63, 3.8) is 0 Å². The molecule has 1 aliphatic heterocycles. The van der Waals surface area contributed by atoms with Crippen LogP contribution in [0.25, 0.3) is 0 Å². The highest BCUT2D eigenvalue weighted by Crippen LogP contribution is 2.25. The maximum Gasteiger partial charge on any atom is 0.337 e. The monoisotopic (exact) mass is 271 g/mol. The molecule has 0 aromatic heterocycles. The van der Waals surface area contributed by atoms with Crippen molar-refractivity contribution in [2.45, 2.75) is 6.42 Å². The fraction of sp³-hybridized carbons (Fsp3) is 0.417. The highest BCUT2D eigenvalue weighted by molar-refractivity contribution is 7.99. The molecular formula is C12H14ClNO2S. The van der Waals surface area contributed by atoms with Crippen LogP contribution in [0.1, 0.15) is 16.8 Å². The summed E-state index contributed by atoms with van der Waals surface area (Å²) in [6, 6.07) is 5.03. The van der Waals surface area contributed by atoms with Crippen LogP contribution >= 0.6 is 23.4 Å². The third-order valence-electron chi connectivity index (χ3n) is 2.82. The van der Waals surface area contributed by atoms with E-state index >= 15 is 0 Å². The van der Waals surface area contributed by atoms with Gasteiger partial charge in [-0.05, 0) is 42.0 Å². The number of hydrogen-bond donors (Lipinski definition) is 2. The highest BCUT2D eigenvalue weighted by atomic mass is 35.5. The minimum absolute atomic E-state index is 0.150. The molecule has 0 amide bonds. The van der Waals surface area contributed by atoms with E-state index in [1.165, 1.54) is 17.9 Å². The second-order valence-corrected chi connectivity index (χ2v) is 5.67. The predicted molar refractivity (Wildman–Crippen MR) is 72.3 cm³/mol. The molecular weight excluding hydrogens is 258 g/mol. The molecule has 1 heterocycles. The molecule has 1 aromatic carbocycles. The van der Waals surface area contributed by atoms with Crippen LogP contribution in [0.4, 0.5) is 5.69 Å². The summed E-state index contributed by atoms with van der Waals surface area (Å²) in [5, 5.41) is 12.5. The van der Waals surface area contributed by atoms with Crippen molar-refractivity contribution < 1.29 is 9.90 Å². The van der Waals surface area contributed by atoms with Crippen molar-refractivity contribution in [3.8, 4) is 0 Å². The zero-order valence-corrected chi connectivity index (χ0v) is 10.9. The van der Waals surface area contributed by atoms with Gasteiger partial charge in [-0.1, -0.05) is 11.6 Å². The fourth-order valence-corrected chi connectivity index (χ4v) is 3.29. The van der Waals surface area contributed by atoms with Crippen LogP contribution in [0.3, 0.4) is 0 Å². The third-order valence-corrected chi connectivity index (χ3v) is 4.38. The van der Waals surface area contributed by atoms with Gasteiger partial charge in [0.1, 0.15) is 0 Å². The van der Waals surface area contributed by atoms with Crippen molar-refractivity contribution in [2.24, 2.45) is 5.92 Å². The Kier molecular flexibility index (Phi) is 4.18. The predicted octanol–water partition coefficient (Wildman–Crippen LogP) is 3.20. The van der Waals surface area contributed by atoms with Crippen LogP contribution < -0.4 is 5.32 Å². The van der Waals surface area contributed by atoms with E-state index in [9.17, 15) is 4.79 Å². The lowest BCUT2D eigenvalue weighted by molar-refractivity contribution is 0.0697. The highest BCUT2D eigenvalue weighted by Gasteiger charge is 2.15. The van der Waals surface area contributed by atoms with E-state index in [1.807, 2.05) is 17.8 Å². The third kappa shape index (κ3) is 3.30. The van der Waals surface area contributed by atoms with Crippen LogP contribution in [0.5, 0.6) is 0 Å². The summed E-state index contributed by atoms with van der Waals surface area (Å²) >= 11 is 7.78. The first-order valence-corrected chi connectivity index (χ1v) is 7.04. The van der Waals surface area contributed by atoms with Crippen molar-refractivity contribution in [1.29, 1.82) is 0 Å². The number of anilines is 1. The molecule has 1 saturated heterocycles. The number of thioether (sulfide) groups is 1. The van der Waals surface area contributed by atoms with Gasteiger partial charge >= 0.3 is 5.97 Å². The molecule has 92 valence electrons.